The van der Waals surface area contributed by atoms with Gasteiger partial charge in [-0.25, -0.2) is 4.68 Å². The van der Waals surface area contributed by atoms with E-state index in [9.17, 15) is 4.79 Å². The molecule has 0 aliphatic rings. The Morgan fingerprint density at radius 2 is 1.65 bits per heavy atom. The molecule has 1 heterocycles. The van der Waals surface area contributed by atoms with E-state index in [0.717, 1.165) is 16.6 Å². The maximum Gasteiger partial charge on any atom is 0.274 e. The summed E-state index contributed by atoms with van der Waals surface area (Å²) in [6, 6.07) is 14.2. The molecule has 0 aliphatic heterocycles. The third kappa shape index (κ3) is 1.86. The average molecular weight is 266 g/mol. The standard InChI is InChI=1S/C17H18N2O/c1-4-18-17(20)15-7-5-6-8-16(15)19(18)14-10-12(2)9-13(3)11-14/h5-11H,4H2,1-3H3. The van der Waals surface area contributed by atoms with Gasteiger partial charge in [-0.3, -0.25) is 9.48 Å². The number of aryl methyl sites for hydroxylation is 2. The number of rotatable bonds is 2. The highest BCUT2D eigenvalue weighted by Gasteiger charge is 2.13. The summed E-state index contributed by atoms with van der Waals surface area (Å²) < 4.78 is 3.82. The second-order valence-corrected chi connectivity index (χ2v) is 5.20. The third-order valence-corrected chi connectivity index (χ3v) is 3.59. The molecular formula is C17H18N2O. The summed E-state index contributed by atoms with van der Waals surface area (Å²) in [6.45, 7) is 6.81. The van der Waals surface area contributed by atoms with Gasteiger partial charge in [0.05, 0.1) is 16.6 Å². The van der Waals surface area contributed by atoms with Crippen LogP contribution >= 0.6 is 0 Å². The zero-order valence-corrected chi connectivity index (χ0v) is 12.1. The van der Waals surface area contributed by atoms with Gasteiger partial charge in [0.25, 0.3) is 5.56 Å². The van der Waals surface area contributed by atoms with Crippen LogP contribution in [0.3, 0.4) is 0 Å². The number of nitrogens with zero attached hydrogens (tertiary/aromatic N) is 2. The van der Waals surface area contributed by atoms with Crippen LogP contribution in [0.15, 0.2) is 47.3 Å². The van der Waals surface area contributed by atoms with Gasteiger partial charge in [-0.2, -0.15) is 0 Å². The normalized spacial score (nSPS) is 11.2. The van der Waals surface area contributed by atoms with Crippen LogP contribution in [0.4, 0.5) is 0 Å². The molecule has 0 aliphatic carbocycles. The van der Waals surface area contributed by atoms with E-state index in [1.54, 1.807) is 4.68 Å². The van der Waals surface area contributed by atoms with Gasteiger partial charge in [-0.15, -0.1) is 0 Å². The molecule has 0 amide bonds. The lowest BCUT2D eigenvalue weighted by molar-refractivity contribution is 0.577. The summed E-state index contributed by atoms with van der Waals surface area (Å²) in [7, 11) is 0. The molecule has 0 fully saturated rings. The second kappa shape index (κ2) is 4.67. The quantitative estimate of drug-likeness (QED) is 0.698. The number of aromatic nitrogens is 2. The van der Waals surface area contributed by atoms with Gasteiger partial charge >= 0.3 is 0 Å². The van der Waals surface area contributed by atoms with Crippen LogP contribution in [0.5, 0.6) is 0 Å². The zero-order valence-electron chi connectivity index (χ0n) is 12.1. The number of hydrogen-bond acceptors (Lipinski definition) is 1. The first-order chi connectivity index (χ1) is 9.61. The minimum absolute atomic E-state index is 0.0715. The third-order valence-electron chi connectivity index (χ3n) is 3.59. The van der Waals surface area contributed by atoms with E-state index >= 15 is 0 Å². The molecule has 2 aromatic carbocycles. The maximum absolute atomic E-state index is 12.5. The average Bonchev–Trinajstić information content (AvgIpc) is 2.71. The molecule has 0 N–H and O–H groups in total. The lowest BCUT2D eigenvalue weighted by atomic mass is 10.1. The van der Waals surface area contributed by atoms with Crippen molar-refractivity contribution in [2.75, 3.05) is 0 Å². The van der Waals surface area contributed by atoms with Crippen LogP contribution in [0.25, 0.3) is 16.6 Å². The number of para-hydroxylation sites is 1. The van der Waals surface area contributed by atoms with Crippen LogP contribution < -0.4 is 5.56 Å². The summed E-state index contributed by atoms with van der Waals surface area (Å²) in [5.41, 5.74) is 4.48. The molecule has 0 spiro atoms. The van der Waals surface area contributed by atoms with Crippen molar-refractivity contribution < 1.29 is 0 Å². The van der Waals surface area contributed by atoms with E-state index in [-0.39, 0.29) is 5.56 Å². The van der Waals surface area contributed by atoms with Crippen molar-refractivity contribution in [1.82, 2.24) is 9.36 Å². The van der Waals surface area contributed by atoms with Gasteiger partial charge in [0.15, 0.2) is 0 Å². The molecule has 0 radical (unpaired) electrons. The van der Waals surface area contributed by atoms with Gasteiger partial charge in [0.1, 0.15) is 0 Å². The monoisotopic (exact) mass is 266 g/mol. The summed E-state index contributed by atoms with van der Waals surface area (Å²) >= 11 is 0. The molecule has 0 saturated carbocycles. The Kier molecular flexibility index (Phi) is 2.97. The van der Waals surface area contributed by atoms with E-state index in [1.165, 1.54) is 11.1 Å². The Hall–Kier alpha value is -2.29. The molecule has 102 valence electrons. The molecule has 1 aromatic heterocycles. The molecule has 0 saturated heterocycles. The lowest BCUT2D eigenvalue weighted by Crippen LogP contribution is -2.21. The second-order valence-electron chi connectivity index (χ2n) is 5.20. The van der Waals surface area contributed by atoms with Gasteiger partial charge < -0.3 is 0 Å². The highest BCUT2D eigenvalue weighted by Crippen LogP contribution is 2.19. The molecule has 0 unspecified atom stereocenters. The van der Waals surface area contributed by atoms with Crippen molar-refractivity contribution >= 4 is 10.9 Å². The zero-order chi connectivity index (χ0) is 14.3. The summed E-state index contributed by atoms with van der Waals surface area (Å²) in [6.07, 6.45) is 0. The van der Waals surface area contributed by atoms with E-state index in [0.29, 0.717) is 6.54 Å². The van der Waals surface area contributed by atoms with E-state index < -0.39 is 0 Å². The smallest absolute Gasteiger partial charge is 0.267 e. The van der Waals surface area contributed by atoms with Gasteiger partial charge in [0.2, 0.25) is 0 Å². The predicted molar refractivity (Wildman–Crippen MR) is 82.7 cm³/mol. The molecule has 3 aromatic rings. The van der Waals surface area contributed by atoms with Crippen molar-refractivity contribution in [2.45, 2.75) is 27.3 Å². The van der Waals surface area contributed by atoms with Crippen LogP contribution in [-0.2, 0) is 6.54 Å². The molecule has 0 atom stereocenters. The fourth-order valence-electron chi connectivity index (χ4n) is 2.84. The van der Waals surface area contributed by atoms with Gasteiger partial charge in [-0.05, 0) is 56.2 Å². The Morgan fingerprint density at radius 1 is 1.00 bits per heavy atom. The van der Waals surface area contributed by atoms with Crippen LogP contribution in [-0.4, -0.2) is 9.36 Å². The van der Waals surface area contributed by atoms with Crippen LogP contribution in [0, 0.1) is 13.8 Å². The largest absolute Gasteiger partial charge is 0.274 e. The molecule has 20 heavy (non-hydrogen) atoms. The number of benzene rings is 2. The fourth-order valence-corrected chi connectivity index (χ4v) is 2.84. The minimum atomic E-state index is 0.0715. The lowest BCUT2D eigenvalue weighted by Gasteiger charge is -2.13. The highest BCUT2D eigenvalue weighted by atomic mass is 16.1. The molecule has 3 heteroatoms. The minimum Gasteiger partial charge on any atom is -0.267 e. The molecular weight excluding hydrogens is 248 g/mol. The van der Waals surface area contributed by atoms with E-state index in [2.05, 4.69) is 32.0 Å². The van der Waals surface area contributed by atoms with Crippen molar-refractivity contribution in [3.63, 3.8) is 0 Å². The Morgan fingerprint density at radius 3 is 2.30 bits per heavy atom. The summed E-state index contributed by atoms with van der Waals surface area (Å²) in [5, 5.41) is 0.772. The number of hydrogen-bond donors (Lipinski definition) is 0. The van der Waals surface area contributed by atoms with Crippen molar-refractivity contribution in [2.24, 2.45) is 0 Å². The first kappa shape index (κ1) is 12.7. The SMILES string of the molecule is CCn1c(=O)c2ccccc2n1-c1cc(C)cc(C)c1. The predicted octanol–water partition coefficient (Wildman–Crippen LogP) is 3.43. The maximum atomic E-state index is 12.5. The Balaban J connectivity index is 2.43. The highest BCUT2D eigenvalue weighted by molar-refractivity contribution is 5.80. The first-order valence-corrected chi connectivity index (χ1v) is 6.91. The summed E-state index contributed by atoms with van der Waals surface area (Å²) in [4.78, 5) is 12.5. The van der Waals surface area contributed by atoms with Crippen molar-refractivity contribution in [3.05, 3.63) is 63.9 Å². The Bertz CT molecular complexity index is 820. The van der Waals surface area contributed by atoms with Gasteiger partial charge in [-0.1, -0.05) is 18.2 Å². The molecule has 0 bridgehead atoms. The fraction of sp³-hybridized carbons (Fsp3) is 0.235. The van der Waals surface area contributed by atoms with Crippen LogP contribution in [0.2, 0.25) is 0 Å². The first-order valence-electron chi connectivity index (χ1n) is 6.91. The van der Waals surface area contributed by atoms with Crippen molar-refractivity contribution in [3.8, 4) is 5.69 Å². The molecule has 3 nitrogen and oxygen atoms in total. The molecule has 3 rings (SSSR count). The van der Waals surface area contributed by atoms with E-state index in [1.807, 2.05) is 35.9 Å². The number of fused-ring (bicyclic) bond motifs is 1. The van der Waals surface area contributed by atoms with Crippen molar-refractivity contribution in [1.29, 1.82) is 0 Å². The topological polar surface area (TPSA) is 26.9 Å². The Labute approximate surface area is 118 Å². The van der Waals surface area contributed by atoms with Gasteiger partial charge in [0, 0.05) is 6.54 Å². The van der Waals surface area contributed by atoms with Crippen LogP contribution in [0.1, 0.15) is 18.1 Å². The summed E-state index contributed by atoms with van der Waals surface area (Å²) in [5.74, 6) is 0. The van der Waals surface area contributed by atoms with E-state index in [4.69, 9.17) is 0 Å².